The van der Waals surface area contributed by atoms with E-state index in [2.05, 4.69) is 15.3 Å². The van der Waals surface area contributed by atoms with Crippen molar-refractivity contribution >= 4 is 50.9 Å². The number of hydrogen-bond donors (Lipinski definition) is 1. The number of ether oxygens (including phenoxy) is 1. The third kappa shape index (κ3) is 4.49. The van der Waals surface area contributed by atoms with Gasteiger partial charge in [0.2, 0.25) is 5.91 Å². The SMILES string of the molecule is CCOC(=O)c1c(NC(=O)CSc2ncnc3ccccc23)sc2c1CCCCC2. The summed E-state index contributed by atoms with van der Waals surface area (Å²) in [4.78, 5) is 35.1. The molecule has 1 aliphatic rings. The van der Waals surface area contributed by atoms with Gasteiger partial charge < -0.3 is 10.1 Å². The number of carbonyl (C=O) groups excluding carboxylic acids is 2. The lowest BCUT2D eigenvalue weighted by Gasteiger charge is -2.09. The zero-order valence-electron chi connectivity index (χ0n) is 16.8. The molecule has 1 aliphatic carbocycles. The van der Waals surface area contributed by atoms with Crippen LogP contribution in [0.3, 0.4) is 0 Å². The van der Waals surface area contributed by atoms with E-state index in [4.69, 9.17) is 4.74 Å². The quantitative estimate of drug-likeness (QED) is 0.254. The number of esters is 1. The second kappa shape index (κ2) is 9.57. The minimum atomic E-state index is -0.346. The van der Waals surface area contributed by atoms with E-state index in [1.54, 1.807) is 6.92 Å². The molecular formula is C22H23N3O3S2. The van der Waals surface area contributed by atoms with Crippen LogP contribution in [-0.4, -0.2) is 34.2 Å². The van der Waals surface area contributed by atoms with Crippen LogP contribution in [0.15, 0.2) is 35.6 Å². The van der Waals surface area contributed by atoms with Crippen molar-refractivity contribution in [1.29, 1.82) is 0 Å². The molecule has 0 radical (unpaired) electrons. The molecule has 0 saturated heterocycles. The zero-order chi connectivity index (χ0) is 20.9. The van der Waals surface area contributed by atoms with E-state index >= 15 is 0 Å². The summed E-state index contributed by atoms with van der Waals surface area (Å²) in [5.41, 5.74) is 2.45. The summed E-state index contributed by atoms with van der Waals surface area (Å²) < 4.78 is 5.29. The highest BCUT2D eigenvalue weighted by Crippen LogP contribution is 2.38. The van der Waals surface area contributed by atoms with Gasteiger partial charge in [0.25, 0.3) is 0 Å². The molecule has 0 bridgehead atoms. The number of hydrogen-bond acceptors (Lipinski definition) is 7. The highest BCUT2D eigenvalue weighted by molar-refractivity contribution is 8.00. The third-order valence-corrected chi connectivity index (χ3v) is 7.21. The predicted molar refractivity (Wildman–Crippen MR) is 120 cm³/mol. The van der Waals surface area contributed by atoms with Gasteiger partial charge >= 0.3 is 5.97 Å². The number of rotatable bonds is 6. The summed E-state index contributed by atoms with van der Waals surface area (Å²) in [7, 11) is 0. The van der Waals surface area contributed by atoms with Gasteiger partial charge in [0.05, 0.1) is 23.4 Å². The standard InChI is InChI=1S/C22H23N3O3S2/c1-2-28-22(27)19-15-9-4-3-5-11-17(15)30-21(19)25-18(26)12-29-20-14-8-6-7-10-16(14)23-13-24-20/h6-8,10,13H,2-5,9,11-12H2,1H3,(H,25,26). The molecule has 3 aromatic rings. The summed E-state index contributed by atoms with van der Waals surface area (Å²) in [5.74, 6) is -0.308. The maximum Gasteiger partial charge on any atom is 0.341 e. The molecule has 156 valence electrons. The summed E-state index contributed by atoms with van der Waals surface area (Å²) in [6.45, 7) is 2.11. The first-order chi connectivity index (χ1) is 14.7. The van der Waals surface area contributed by atoms with Crippen molar-refractivity contribution in [3.05, 3.63) is 46.6 Å². The Morgan fingerprint density at radius 3 is 2.87 bits per heavy atom. The van der Waals surface area contributed by atoms with E-state index in [1.165, 1.54) is 34.3 Å². The number of fused-ring (bicyclic) bond motifs is 2. The topological polar surface area (TPSA) is 81.2 Å². The Labute approximate surface area is 183 Å². The minimum absolute atomic E-state index is 0.162. The number of para-hydroxylation sites is 1. The highest BCUT2D eigenvalue weighted by Gasteiger charge is 2.26. The molecule has 4 rings (SSSR count). The molecule has 2 heterocycles. The van der Waals surface area contributed by atoms with Crippen LogP contribution in [0.5, 0.6) is 0 Å². The van der Waals surface area contributed by atoms with Gasteiger partial charge in [-0.25, -0.2) is 14.8 Å². The Morgan fingerprint density at radius 2 is 2.00 bits per heavy atom. The van der Waals surface area contributed by atoms with Crippen LogP contribution in [0, 0.1) is 0 Å². The van der Waals surface area contributed by atoms with Crippen molar-refractivity contribution in [2.24, 2.45) is 0 Å². The first-order valence-corrected chi connectivity index (χ1v) is 11.9. The van der Waals surface area contributed by atoms with Crippen LogP contribution >= 0.6 is 23.1 Å². The lowest BCUT2D eigenvalue weighted by atomic mass is 10.1. The fourth-order valence-electron chi connectivity index (χ4n) is 3.64. The van der Waals surface area contributed by atoms with Gasteiger partial charge in [-0.05, 0) is 44.2 Å². The second-order valence-corrected chi connectivity index (χ2v) is 9.09. The number of amides is 1. The lowest BCUT2D eigenvalue weighted by Crippen LogP contribution is -2.17. The van der Waals surface area contributed by atoms with Crippen molar-refractivity contribution in [2.75, 3.05) is 17.7 Å². The van der Waals surface area contributed by atoms with E-state index in [1.807, 2.05) is 24.3 Å². The van der Waals surface area contributed by atoms with Crippen LogP contribution in [0.4, 0.5) is 5.00 Å². The van der Waals surface area contributed by atoms with Crippen LogP contribution in [0.25, 0.3) is 10.9 Å². The average Bonchev–Trinajstić information content (AvgIpc) is 2.92. The van der Waals surface area contributed by atoms with Gasteiger partial charge in [-0.15, -0.1) is 11.3 Å². The molecule has 0 saturated carbocycles. The fraction of sp³-hybridized carbons (Fsp3) is 0.364. The molecule has 1 amide bonds. The van der Waals surface area contributed by atoms with Crippen LogP contribution in [0.2, 0.25) is 0 Å². The fourth-order valence-corrected chi connectivity index (χ4v) is 5.73. The highest BCUT2D eigenvalue weighted by atomic mass is 32.2. The van der Waals surface area contributed by atoms with Gasteiger partial charge in [-0.2, -0.15) is 0 Å². The monoisotopic (exact) mass is 441 g/mol. The minimum Gasteiger partial charge on any atom is -0.462 e. The molecule has 0 spiro atoms. The number of nitrogens with one attached hydrogen (secondary N) is 1. The van der Waals surface area contributed by atoms with Crippen molar-refractivity contribution in [1.82, 2.24) is 9.97 Å². The van der Waals surface area contributed by atoms with E-state index in [-0.39, 0.29) is 17.6 Å². The first kappa shape index (κ1) is 20.8. The molecular weight excluding hydrogens is 418 g/mol. The average molecular weight is 442 g/mol. The van der Waals surface area contributed by atoms with E-state index in [9.17, 15) is 9.59 Å². The Bertz CT molecular complexity index is 1080. The maximum atomic E-state index is 12.7. The van der Waals surface area contributed by atoms with Crippen molar-refractivity contribution in [3.8, 4) is 0 Å². The molecule has 30 heavy (non-hydrogen) atoms. The molecule has 0 fully saturated rings. The predicted octanol–water partition coefficient (Wildman–Crippen LogP) is 4.87. The number of carbonyl (C=O) groups is 2. The number of thiophene rings is 1. The molecule has 6 nitrogen and oxygen atoms in total. The molecule has 0 atom stereocenters. The smallest absolute Gasteiger partial charge is 0.341 e. The Kier molecular flexibility index (Phi) is 6.64. The number of aryl methyl sites for hydroxylation is 1. The summed E-state index contributed by atoms with van der Waals surface area (Å²) in [6.07, 6.45) is 6.65. The molecule has 0 unspecified atom stereocenters. The number of thioether (sulfide) groups is 1. The summed E-state index contributed by atoms with van der Waals surface area (Å²) in [5, 5.41) is 5.26. The van der Waals surface area contributed by atoms with Crippen molar-refractivity contribution < 1.29 is 14.3 Å². The number of anilines is 1. The Hall–Kier alpha value is -2.45. The Balaban J connectivity index is 1.52. The largest absolute Gasteiger partial charge is 0.462 e. The molecule has 1 N–H and O–H groups in total. The van der Waals surface area contributed by atoms with Gasteiger partial charge in [0.15, 0.2) is 0 Å². The van der Waals surface area contributed by atoms with E-state index in [0.29, 0.717) is 17.2 Å². The van der Waals surface area contributed by atoms with Crippen LogP contribution < -0.4 is 5.32 Å². The van der Waals surface area contributed by atoms with Crippen molar-refractivity contribution in [2.45, 2.75) is 44.1 Å². The summed E-state index contributed by atoms with van der Waals surface area (Å²) >= 11 is 2.88. The third-order valence-electron chi connectivity index (χ3n) is 5.00. The normalized spacial score (nSPS) is 13.5. The maximum absolute atomic E-state index is 12.7. The van der Waals surface area contributed by atoms with E-state index < -0.39 is 0 Å². The van der Waals surface area contributed by atoms with Crippen LogP contribution in [0.1, 0.15) is 47.0 Å². The van der Waals surface area contributed by atoms with Gasteiger partial charge in [0.1, 0.15) is 16.4 Å². The van der Waals surface area contributed by atoms with Gasteiger partial charge in [-0.3, -0.25) is 4.79 Å². The second-order valence-electron chi connectivity index (χ2n) is 7.02. The van der Waals surface area contributed by atoms with E-state index in [0.717, 1.165) is 53.6 Å². The molecule has 0 aliphatic heterocycles. The molecule has 1 aromatic carbocycles. The number of aromatic nitrogens is 2. The first-order valence-electron chi connectivity index (χ1n) is 10.1. The number of nitrogens with zero attached hydrogens (tertiary/aromatic N) is 2. The van der Waals surface area contributed by atoms with Gasteiger partial charge in [0, 0.05) is 10.3 Å². The summed E-state index contributed by atoms with van der Waals surface area (Å²) in [6, 6.07) is 7.73. The molecule has 8 heteroatoms. The Morgan fingerprint density at radius 1 is 1.17 bits per heavy atom. The van der Waals surface area contributed by atoms with Crippen molar-refractivity contribution in [3.63, 3.8) is 0 Å². The molecule has 2 aromatic heterocycles. The number of benzene rings is 1. The zero-order valence-corrected chi connectivity index (χ0v) is 18.4. The lowest BCUT2D eigenvalue weighted by molar-refractivity contribution is -0.113. The van der Waals surface area contributed by atoms with Crippen LogP contribution in [-0.2, 0) is 22.4 Å². The van der Waals surface area contributed by atoms with Gasteiger partial charge in [-0.1, -0.05) is 36.4 Å².